The van der Waals surface area contributed by atoms with Crippen LogP contribution in [-0.2, 0) is 33.1 Å². The van der Waals surface area contributed by atoms with Crippen LogP contribution in [0.1, 0.15) is 30.5 Å². The Morgan fingerprint density at radius 1 is 0.767 bits per heavy atom. The van der Waals surface area contributed by atoms with Crippen molar-refractivity contribution < 1.29 is 26.9 Å². The van der Waals surface area contributed by atoms with Crippen molar-refractivity contribution >= 4 is 33.7 Å². The molecule has 0 atom stereocenters. The highest BCUT2D eigenvalue weighted by Crippen LogP contribution is 2.51. The van der Waals surface area contributed by atoms with Crippen molar-refractivity contribution in [2.24, 2.45) is 0 Å². The molecular weight excluding hydrogens is 419 g/mol. The minimum absolute atomic E-state index is 0.268. The van der Waals surface area contributed by atoms with Crippen molar-refractivity contribution in [1.29, 1.82) is 0 Å². The molecule has 0 bridgehead atoms. The summed E-state index contributed by atoms with van der Waals surface area (Å²) in [6.07, 6.45) is 4.32. The Bertz CT molecular complexity index is 829. The summed E-state index contributed by atoms with van der Waals surface area (Å²) in [5.74, 6) is 0. The molecule has 0 saturated heterocycles. The quantitative estimate of drug-likeness (QED) is 0.265. The molecule has 0 aliphatic heterocycles. The van der Waals surface area contributed by atoms with Crippen LogP contribution in [0.2, 0.25) is 0 Å². The molecular formula is C22H31O6PSi. The fourth-order valence-corrected chi connectivity index (χ4v) is 6.56. The zero-order valence-corrected chi connectivity index (χ0v) is 20.2. The van der Waals surface area contributed by atoms with Crippen molar-refractivity contribution in [1.82, 2.24) is 0 Å². The second-order valence-corrected chi connectivity index (χ2v) is 11.4. The van der Waals surface area contributed by atoms with Gasteiger partial charge < -0.3 is 22.3 Å². The molecule has 0 unspecified atom stereocenters. The van der Waals surface area contributed by atoms with Crippen molar-refractivity contribution in [2.75, 3.05) is 34.5 Å². The third-order valence-corrected chi connectivity index (χ3v) is 9.25. The maximum Gasteiger partial charge on any atom is 0.536 e. The summed E-state index contributed by atoms with van der Waals surface area (Å²) < 4.78 is 39.9. The fraction of sp³-hybridized carbons (Fsp3) is 0.364. The largest absolute Gasteiger partial charge is 0.536 e. The lowest BCUT2D eigenvalue weighted by Crippen LogP contribution is -2.54. The van der Waals surface area contributed by atoms with E-state index in [0.29, 0.717) is 13.2 Å². The molecule has 0 heterocycles. The summed E-state index contributed by atoms with van der Waals surface area (Å²) in [4.78, 5) is 0. The molecule has 2 rings (SSSR count). The Labute approximate surface area is 180 Å². The number of rotatable bonds is 12. The molecule has 0 aliphatic carbocycles. The van der Waals surface area contributed by atoms with Gasteiger partial charge in [0.2, 0.25) is 0 Å². The van der Waals surface area contributed by atoms with E-state index < -0.39 is 16.4 Å². The predicted octanol–water partition coefficient (Wildman–Crippen LogP) is 4.71. The normalized spacial score (nSPS) is 12.6. The van der Waals surface area contributed by atoms with E-state index in [0.717, 1.165) is 21.9 Å². The summed E-state index contributed by atoms with van der Waals surface area (Å²) >= 11 is 0. The van der Waals surface area contributed by atoms with E-state index >= 15 is 0 Å². The number of benzene rings is 2. The van der Waals surface area contributed by atoms with Crippen LogP contribution in [0.4, 0.5) is 0 Å². The Balaban J connectivity index is 2.07. The van der Waals surface area contributed by atoms with Gasteiger partial charge in [0, 0.05) is 26.5 Å². The Morgan fingerprint density at radius 2 is 1.20 bits per heavy atom. The first kappa shape index (κ1) is 24.7. The molecule has 2 aromatic rings. The SMILES string of the molecule is CCOP(=O)(Cc1ccc(/C=C/c2ccc([Si](OC)(OC)OC)cc2)cc1)OCC. The molecule has 0 spiro atoms. The van der Waals surface area contributed by atoms with E-state index in [-0.39, 0.29) is 6.16 Å². The average Bonchev–Trinajstić information content (AvgIpc) is 2.76. The van der Waals surface area contributed by atoms with Crippen molar-refractivity contribution in [3.05, 3.63) is 65.2 Å². The highest BCUT2D eigenvalue weighted by molar-refractivity contribution is 7.53. The standard InChI is InChI=1S/C22H31O6PSi/c1-6-27-29(23,28-7-2)18-21-12-10-19(11-13-21)8-9-20-14-16-22(17-15-20)30(24-3,25-4)26-5/h8-17H,6-7,18H2,1-5H3/b9-8+. The second kappa shape index (κ2) is 11.7. The van der Waals surface area contributed by atoms with Gasteiger partial charge in [-0.3, -0.25) is 4.57 Å². The van der Waals surface area contributed by atoms with Gasteiger partial charge in [-0.2, -0.15) is 0 Å². The molecule has 0 N–H and O–H groups in total. The molecule has 0 amide bonds. The zero-order chi connectivity index (χ0) is 22.0. The smallest absolute Gasteiger partial charge is 0.373 e. The van der Waals surface area contributed by atoms with E-state index in [1.807, 2.05) is 74.5 Å². The first-order valence-electron chi connectivity index (χ1n) is 9.85. The van der Waals surface area contributed by atoms with Gasteiger partial charge in [-0.1, -0.05) is 60.7 Å². The zero-order valence-electron chi connectivity index (χ0n) is 18.3. The van der Waals surface area contributed by atoms with Crippen LogP contribution in [0.25, 0.3) is 12.2 Å². The monoisotopic (exact) mass is 450 g/mol. The summed E-state index contributed by atoms with van der Waals surface area (Å²) in [6.45, 7) is 4.35. The van der Waals surface area contributed by atoms with E-state index in [9.17, 15) is 4.57 Å². The van der Waals surface area contributed by atoms with Crippen molar-refractivity contribution in [3.63, 3.8) is 0 Å². The molecule has 2 aromatic carbocycles. The van der Waals surface area contributed by atoms with Crippen LogP contribution in [0.15, 0.2) is 48.5 Å². The summed E-state index contributed by atoms with van der Waals surface area (Å²) in [5, 5.41) is 0.907. The predicted molar refractivity (Wildman–Crippen MR) is 123 cm³/mol. The lowest BCUT2D eigenvalue weighted by Gasteiger charge is -2.24. The van der Waals surface area contributed by atoms with Crippen LogP contribution in [0.5, 0.6) is 0 Å². The van der Waals surface area contributed by atoms with Crippen LogP contribution in [0.3, 0.4) is 0 Å². The number of hydrogen-bond donors (Lipinski definition) is 0. The lowest BCUT2D eigenvalue weighted by molar-refractivity contribution is 0.140. The first-order valence-corrected chi connectivity index (χ1v) is 13.3. The van der Waals surface area contributed by atoms with E-state index in [4.69, 9.17) is 22.3 Å². The second-order valence-electron chi connectivity index (χ2n) is 6.47. The average molecular weight is 451 g/mol. The molecule has 30 heavy (non-hydrogen) atoms. The summed E-state index contributed by atoms with van der Waals surface area (Å²) in [5.41, 5.74) is 3.01. The summed E-state index contributed by atoms with van der Waals surface area (Å²) in [7, 11) is -1.11. The molecule has 0 fully saturated rings. The Morgan fingerprint density at radius 3 is 1.60 bits per heavy atom. The molecule has 0 radical (unpaired) electrons. The molecule has 0 aromatic heterocycles. The molecule has 8 heteroatoms. The van der Waals surface area contributed by atoms with Crippen LogP contribution in [0, 0.1) is 0 Å². The van der Waals surface area contributed by atoms with Crippen LogP contribution >= 0.6 is 7.60 Å². The lowest BCUT2D eigenvalue weighted by atomic mass is 10.1. The molecule has 0 aliphatic rings. The third-order valence-electron chi connectivity index (χ3n) is 4.55. The minimum atomic E-state index is -3.09. The maximum atomic E-state index is 12.7. The molecule has 6 nitrogen and oxygen atoms in total. The van der Waals surface area contributed by atoms with E-state index in [1.54, 1.807) is 21.3 Å². The van der Waals surface area contributed by atoms with Crippen LogP contribution < -0.4 is 5.19 Å². The number of hydrogen-bond acceptors (Lipinski definition) is 6. The van der Waals surface area contributed by atoms with Crippen molar-refractivity contribution in [2.45, 2.75) is 20.0 Å². The van der Waals surface area contributed by atoms with E-state index in [2.05, 4.69) is 0 Å². The van der Waals surface area contributed by atoms with Crippen LogP contribution in [-0.4, -0.2) is 43.3 Å². The van der Waals surface area contributed by atoms with Gasteiger partial charge in [0.1, 0.15) is 0 Å². The van der Waals surface area contributed by atoms with Crippen molar-refractivity contribution in [3.8, 4) is 0 Å². The highest BCUT2D eigenvalue weighted by Gasteiger charge is 2.40. The Hall–Kier alpha value is -1.57. The fourth-order valence-electron chi connectivity index (χ4n) is 3.07. The molecule has 164 valence electrons. The van der Waals surface area contributed by atoms with Gasteiger partial charge >= 0.3 is 16.4 Å². The maximum absolute atomic E-state index is 12.7. The Kier molecular flexibility index (Phi) is 9.65. The van der Waals surface area contributed by atoms with E-state index in [1.165, 1.54) is 0 Å². The van der Waals surface area contributed by atoms with Gasteiger partial charge in [0.15, 0.2) is 0 Å². The minimum Gasteiger partial charge on any atom is -0.373 e. The highest BCUT2D eigenvalue weighted by atomic mass is 31.2. The van der Waals surface area contributed by atoms with Gasteiger partial charge in [0.05, 0.1) is 19.4 Å². The topological polar surface area (TPSA) is 63.2 Å². The van der Waals surface area contributed by atoms with Gasteiger partial charge in [0.25, 0.3) is 0 Å². The molecule has 0 saturated carbocycles. The summed E-state index contributed by atoms with van der Waals surface area (Å²) in [6, 6.07) is 15.8. The van der Waals surface area contributed by atoms with Gasteiger partial charge in [-0.25, -0.2) is 0 Å². The third kappa shape index (κ3) is 6.46. The van der Waals surface area contributed by atoms with Gasteiger partial charge in [-0.15, -0.1) is 0 Å². The van der Waals surface area contributed by atoms with Gasteiger partial charge in [-0.05, 0) is 30.5 Å². The first-order chi connectivity index (χ1) is 14.4.